The molecule has 0 bridgehead atoms. The predicted molar refractivity (Wildman–Crippen MR) is 111 cm³/mol. The Bertz CT molecular complexity index is 1020. The SMILES string of the molecule is CCOC(=O)c1cc(-c2ccc(OC)cc2)c(-c2ccc(OC)cc2)n1C(C)=O. The molecule has 0 aliphatic rings. The van der Waals surface area contributed by atoms with Crippen molar-refractivity contribution < 1.29 is 23.8 Å². The number of nitrogens with zero attached hydrogens (tertiary/aromatic N) is 1. The van der Waals surface area contributed by atoms with Crippen molar-refractivity contribution in [1.29, 1.82) is 0 Å². The molecule has 0 radical (unpaired) electrons. The third-order valence-electron chi connectivity index (χ3n) is 4.56. The third kappa shape index (κ3) is 4.01. The van der Waals surface area contributed by atoms with E-state index in [1.165, 1.54) is 11.5 Å². The van der Waals surface area contributed by atoms with E-state index in [-0.39, 0.29) is 18.2 Å². The van der Waals surface area contributed by atoms with Crippen molar-refractivity contribution >= 4 is 11.9 Å². The number of methoxy groups -OCH3 is 2. The molecule has 6 nitrogen and oxygen atoms in total. The van der Waals surface area contributed by atoms with Crippen molar-refractivity contribution in [2.45, 2.75) is 13.8 Å². The second-order valence-electron chi connectivity index (χ2n) is 6.32. The summed E-state index contributed by atoms with van der Waals surface area (Å²) in [4.78, 5) is 25.1. The van der Waals surface area contributed by atoms with Crippen molar-refractivity contribution in [3.8, 4) is 33.9 Å². The normalized spacial score (nSPS) is 10.5. The zero-order valence-electron chi connectivity index (χ0n) is 16.9. The molecule has 6 heteroatoms. The fourth-order valence-electron chi connectivity index (χ4n) is 3.22. The molecule has 0 saturated heterocycles. The van der Waals surface area contributed by atoms with Crippen molar-refractivity contribution in [2.24, 2.45) is 0 Å². The average molecular weight is 393 g/mol. The first kappa shape index (κ1) is 20.2. The van der Waals surface area contributed by atoms with Gasteiger partial charge in [-0.3, -0.25) is 9.36 Å². The third-order valence-corrected chi connectivity index (χ3v) is 4.56. The molecule has 0 unspecified atom stereocenters. The summed E-state index contributed by atoms with van der Waals surface area (Å²) in [6.45, 7) is 3.37. The Kier molecular flexibility index (Phi) is 6.02. The van der Waals surface area contributed by atoms with Crippen LogP contribution in [0.1, 0.15) is 29.1 Å². The van der Waals surface area contributed by atoms with Gasteiger partial charge in [0.25, 0.3) is 0 Å². The Morgan fingerprint density at radius 1 is 0.862 bits per heavy atom. The number of rotatable bonds is 6. The lowest BCUT2D eigenvalue weighted by Gasteiger charge is -2.12. The fraction of sp³-hybridized carbons (Fsp3) is 0.217. The monoisotopic (exact) mass is 393 g/mol. The molecule has 0 fully saturated rings. The van der Waals surface area contributed by atoms with Crippen LogP contribution < -0.4 is 9.47 Å². The maximum atomic E-state index is 12.6. The summed E-state index contributed by atoms with van der Waals surface area (Å²) in [5, 5.41) is 0. The molecule has 1 heterocycles. The van der Waals surface area contributed by atoms with Crippen LogP contribution in [0.2, 0.25) is 0 Å². The molecule has 29 heavy (non-hydrogen) atoms. The number of hydrogen-bond acceptors (Lipinski definition) is 5. The minimum atomic E-state index is -0.544. The minimum Gasteiger partial charge on any atom is -0.497 e. The van der Waals surface area contributed by atoms with Gasteiger partial charge in [-0.25, -0.2) is 4.79 Å². The van der Waals surface area contributed by atoms with Gasteiger partial charge >= 0.3 is 5.97 Å². The number of aromatic nitrogens is 1. The van der Waals surface area contributed by atoms with Crippen LogP contribution in [0.4, 0.5) is 0 Å². The number of benzene rings is 2. The Hall–Kier alpha value is -3.54. The van der Waals surface area contributed by atoms with Crippen molar-refractivity contribution in [2.75, 3.05) is 20.8 Å². The summed E-state index contributed by atoms with van der Waals surface area (Å²) >= 11 is 0. The molecule has 150 valence electrons. The Balaban J connectivity index is 2.27. The molecular weight excluding hydrogens is 370 g/mol. The molecule has 0 N–H and O–H groups in total. The first-order chi connectivity index (χ1) is 14.0. The first-order valence-corrected chi connectivity index (χ1v) is 9.22. The number of hydrogen-bond donors (Lipinski definition) is 0. The van der Waals surface area contributed by atoms with Gasteiger partial charge in [-0.05, 0) is 60.5 Å². The molecular formula is C23H23NO5. The molecule has 0 saturated carbocycles. The van der Waals surface area contributed by atoms with Crippen LogP contribution in [-0.4, -0.2) is 37.3 Å². The number of ether oxygens (including phenoxy) is 3. The predicted octanol–water partition coefficient (Wildman–Crippen LogP) is 4.68. The molecule has 3 aromatic rings. The topological polar surface area (TPSA) is 66.8 Å². The van der Waals surface area contributed by atoms with Crippen LogP contribution in [-0.2, 0) is 4.74 Å². The fourth-order valence-corrected chi connectivity index (χ4v) is 3.22. The van der Waals surface area contributed by atoms with Crippen LogP contribution >= 0.6 is 0 Å². The van der Waals surface area contributed by atoms with Gasteiger partial charge in [0.15, 0.2) is 0 Å². The van der Waals surface area contributed by atoms with Crippen molar-refractivity contribution in [3.63, 3.8) is 0 Å². The van der Waals surface area contributed by atoms with E-state index in [1.807, 2.05) is 48.5 Å². The van der Waals surface area contributed by atoms with E-state index in [2.05, 4.69) is 0 Å². The van der Waals surface area contributed by atoms with E-state index in [1.54, 1.807) is 27.2 Å². The molecule has 0 atom stereocenters. The van der Waals surface area contributed by atoms with E-state index >= 15 is 0 Å². The summed E-state index contributed by atoms with van der Waals surface area (Å²) in [5.74, 6) is 0.596. The molecule has 1 aromatic heterocycles. The smallest absolute Gasteiger partial charge is 0.355 e. The molecule has 0 aliphatic carbocycles. The van der Waals surface area contributed by atoms with Crippen LogP contribution in [0, 0.1) is 0 Å². The van der Waals surface area contributed by atoms with Gasteiger partial charge in [0.1, 0.15) is 17.2 Å². The summed E-state index contributed by atoms with van der Waals surface area (Å²) in [6.07, 6.45) is 0. The van der Waals surface area contributed by atoms with E-state index in [4.69, 9.17) is 14.2 Å². The van der Waals surface area contributed by atoms with Gasteiger partial charge in [-0.15, -0.1) is 0 Å². The van der Waals surface area contributed by atoms with E-state index in [9.17, 15) is 9.59 Å². The van der Waals surface area contributed by atoms with Crippen LogP contribution in [0.15, 0.2) is 54.6 Å². The minimum absolute atomic E-state index is 0.191. The highest BCUT2D eigenvalue weighted by Gasteiger charge is 2.25. The Morgan fingerprint density at radius 3 is 1.83 bits per heavy atom. The van der Waals surface area contributed by atoms with Gasteiger partial charge in [0.05, 0.1) is 26.5 Å². The quantitative estimate of drug-likeness (QED) is 0.569. The van der Waals surface area contributed by atoms with Crippen LogP contribution in [0.5, 0.6) is 11.5 Å². The standard InChI is InChI=1S/C23H23NO5/c1-5-29-23(26)21-14-20(16-6-10-18(27-3)11-7-16)22(24(21)15(2)25)17-8-12-19(28-4)13-9-17/h6-14H,5H2,1-4H3. The van der Waals surface area contributed by atoms with E-state index in [0.29, 0.717) is 11.4 Å². The van der Waals surface area contributed by atoms with Crippen molar-refractivity contribution in [1.82, 2.24) is 4.57 Å². The summed E-state index contributed by atoms with van der Waals surface area (Å²) in [6, 6.07) is 16.5. The maximum Gasteiger partial charge on any atom is 0.355 e. The van der Waals surface area contributed by atoms with Gasteiger partial charge in [0.2, 0.25) is 5.91 Å². The van der Waals surface area contributed by atoms with Gasteiger partial charge in [-0.2, -0.15) is 0 Å². The lowest BCUT2D eigenvalue weighted by Crippen LogP contribution is -2.17. The van der Waals surface area contributed by atoms with Gasteiger partial charge in [0, 0.05) is 12.5 Å². The number of carbonyl (C=O) groups excluding carboxylic acids is 2. The second-order valence-corrected chi connectivity index (χ2v) is 6.32. The summed E-state index contributed by atoms with van der Waals surface area (Å²) < 4.78 is 17.1. The molecule has 0 amide bonds. The highest BCUT2D eigenvalue weighted by atomic mass is 16.5. The van der Waals surface area contributed by atoms with Gasteiger partial charge < -0.3 is 14.2 Å². The highest BCUT2D eigenvalue weighted by Crippen LogP contribution is 2.37. The molecule has 2 aromatic carbocycles. The number of esters is 1. The lowest BCUT2D eigenvalue weighted by molar-refractivity contribution is 0.0509. The zero-order valence-corrected chi connectivity index (χ0v) is 16.9. The largest absolute Gasteiger partial charge is 0.497 e. The van der Waals surface area contributed by atoms with Crippen molar-refractivity contribution in [3.05, 3.63) is 60.3 Å². The Labute approximate surface area is 169 Å². The second kappa shape index (κ2) is 8.65. The first-order valence-electron chi connectivity index (χ1n) is 9.22. The van der Waals surface area contributed by atoms with Crippen LogP contribution in [0.25, 0.3) is 22.4 Å². The molecule has 3 rings (SSSR count). The van der Waals surface area contributed by atoms with Crippen LogP contribution in [0.3, 0.4) is 0 Å². The number of carbonyl (C=O) groups is 2. The average Bonchev–Trinajstić information content (AvgIpc) is 3.15. The summed E-state index contributed by atoms with van der Waals surface area (Å²) in [5.41, 5.74) is 3.19. The summed E-state index contributed by atoms with van der Waals surface area (Å²) in [7, 11) is 3.19. The lowest BCUT2D eigenvalue weighted by atomic mass is 10.0. The zero-order chi connectivity index (χ0) is 21.0. The Morgan fingerprint density at radius 2 is 1.38 bits per heavy atom. The molecule has 0 spiro atoms. The highest BCUT2D eigenvalue weighted by molar-refractivity contribution is 6.01. The van der Waals surface area contributed by atoms with E-state index < -0.39 is 5.97 Å². The van der Waals surface area contributed by atoms with Gasteiger partial charge in [-0.1, -0.05) is 12.1 Å². The maximum absolute atomic E-state index is 12.6. The van der Waals surface area contributed by atoms with E-state index in [0.717, 1.165) is 22.4 Å². The molecule has 0 aliphatic heterocycles.